The molecule has 1 aromatic carbocycles. The monoisotopic (exact) mass is 211 g/mol. The number of aryl methyl sites for hydroxylation is 2. The predicted molar refractivity (Wildman–Crippen MR) is 67.7 cm³/mol. The Morgan fingerprint density at radius 2 is 1.81 bits per heavy atom. The molecule has 0 amide bonds. The molecule has 0 saturated carbocycles. The predicted octanol–water partition coefficient (Wildman–Crippen LogP) is 3.81. The highest BCUT2D eigenvalue weighted by atomic mass is 14.7. The van der Waals surface area contributed by atoms with Crippen LogP contribution in [-0.2, 0) is 12.8 Å². The highest BCUT2D eigenvalue weighted by Crippen LogP contribution is 2.27. The molecule has 1 heteroatoms. The Balaban J connectivity index is 2.29. The molecule has 1 nitrogen and oxygen atoms in total. The fourth-order valence-electron chi connectivity index (χ4n) is 2.79. The van der Waals surface area contributed by atoms with E-state index in [0.717, 1.165) is 0 Å². The molecule has 0 radical (unpaired) electrons. The number of hydrogen-bond acceptors (Lipinski definition) is 1. The van der Waals surface area contributed by atoms with Gasteiger partial charge in [-0.25, -0.2) is 0 Å². The maximum atomic E-state index is 4.84. The minimum Gasteiger partial charge on any atom is -0.253 e. The van der Waals surface area contributed by atoms with E-state index < -0.39 is 0 Å². The lowest BCUT2D eigenvalue weighted by Crippen LogP contribution is -2.00. The van der Waals surface area contributed by atoms with Gasteiger partial charge in [-0.2, -0.15) is 0 Å². The van der Waals surface area contributed by atoms with Crippen molar-refractivity contribution in [1.29, 1.82) is 0 Å². The summed E-state index contributed by atoms with van der Waals surface area (Å²) < 4.78 is 0. The van der Waals surface area contributed by atoms with Crippen LogP contribution in [0.25, 0.3) is 10.9 Å². The van der Waals surface area contributed by atoms with Crippen molar-refractivity contribution in [2.24, 2.45) is 0 Å². The molecule has 82 valence electrons. The van der Waals surface area contributed by atoms with Gasteiger partial charge in [0.1, 0.15) is 0 Å². The molecule has 1 aromatic heterocycles. The van der Waals surface area contributed by atoms with Gasteiger partial charge in [-0.15, -0.1) is 0 Å². The zero-order valence-corrected chi connectivity index (χ0v) is 9.79. The molecule has 0 saturated heterocycles. The fourth-order valence-corrected chi connectivity index (χ4v) is 2.79. The molecule has 1 aliphatic rings. The minimum absolute atomic E-state index is 1.17. The van der Waals surface area contributed by atoms with Crippen molar-refractivity contribution >= 4 is 10.9 Å². The van der Waals surface area contributed by atoms with Gasteiger partial charge in [0.15, 0.2) is 0 Å². The van der Waals surface area contributed by atoms with Gasteiger partial charge >= 0.3 is 0 Å². The molecule has 0 aliphatic heterocycles. The number of rotatable bonds is 0. The lowest BCUT2D eigenvalue weighted by molar-refractivity contribution is 0.708. The summed E-state index contributed by atoms with van der Waals surface area (Å²) in [4.78, 5) is 4.84. The van der Waals surface area contributed by atoms with E-state index in [-0.39, 0.29) is 0 Å². The second kappa shape index (κ2) is 3.89. The van der Waals surface area contributed by atoms with Gasteiger partial charge in [0.05, 0.1) is 5.52 Å². The van der Waals surface area contributed by atoms with Crippen molar-refractivity contribution in [3.8, 4) is 0 Å². The van der Waals surface area contributed by atoms with Gasteiger partial charge < -0.3 is 0 Å². The molecule has 3 rings (SSSR count). The average molecular weight is 211 g/mol. The van der Waals surface area contributed by atoms with Gasteiger partial charge in [0.2, 0.25) is 0 Å². The molecular weight excluding hydrogens is 194 g/mol. The second-order valence-corrected chi connectivity index (χ2v) is 4.74. The Hall–Kier alpha value is -1.37. The van der Waals surface area contributed by atoms with Gasteiger partial charge in [0.25, 0.3) is 0 Å². The van der Waals surface area contributed by atoms with Crippen LogP contribution in [-0.4, -0.2) is 4.98 Å². The maximum Gasteiger partial charge on any atom is 0.0708 e. The zero-order valence-electron chi connectivity index (χ0n) is 9.79. The molecule has 1 heterocycles. The summed E-state index contributed by atoms with van der Waals surface area (Å²) in [5.41, 5.74) is 5.51. The molecule has 0 bridgehead atoms. The zero-order chi connectivity index (χ0) is 11.0. The fraction of sp³-hybridized carbons (Fsp3) is 0.400. The van der Waals surface area contributed by atoms with E-state index in [4.69, 9.17) is 4.98 Å². The first kappa shape index (κ1) is 9.83. The summed E-state index contributed by atoms with van der Waals surface area (Å²) >= 11 is 0. The Kier molecular flexibility index (Phi) is 2.39. The van der Waals surface area contributed by atoms with Gasteiger partial charge in [-0.1, -0.05) is 24.6 Å². The third-order valence-electron chi connectivity index (χ3n) is 3.70. The average Bonchev–Trinajstić information content (AvgIpc) is 2.55. The van der Waals surface area contributed by atoms with Crippen LogP contribution in [0.1, 0.15) is 36.1 Å². The first-order valence-corrected chi connectivity index (χ1v) is 6.23. The molecule has 0 atom stereocenters. The van der Waals surface area contributed by atoms with Crippen LogP contribution >= 0.6 is 0 Å². The standard InChI is InChI=1S/C15H17N/c1-11-12-7-3-2-4-9-14(12)16-15-10-6-5-8-13(11)15/h5-6,8,10H,2-4,7,9H2,1H3. The molecule has 1 aliphatic carbocycles. The van der Waals surface area contributed by atoms with Crippen molar-refractivity contribution in [2.75, 3.05) is 0 Å². The van der Waals surface area contributed by atoms with Gasteiger partial charge in [-0.05, 0) is 49.8 Å². The van der Waals surface area contributed by atoms with E-state index in [9.17, 15) is 0 Å². The normalized spacial score (nSPS) is 15.8. The quantitative estimate of drug-likeness (QED) is 0.604. The van der Waals surface area contributed by atoms with Crippen LogP contribution in [0.15, 0.2) is 24.3 Å². The minimum atomic E-state index is 1.17. The largest absolute Gasteiger partial charge is 0.253 e. The van der Waals surface area contributed by atoms with Crippen molar-refractivity contribution in [3.05, 3.63) is 41.1 Å². The highest BCUT2D eigenvalue weighted by molar-refractivity contribution is 5.83. The van der Waals surface area contributed by atoms with E-state index >= 15 is 0 Å². The number of nitrogens with zero attached hydrogens (tertiary/aromatic N) is 1. The summed E-state index contributed by atoms with van der Waals surface area (Å²) in [5, 5.41) is 1.34. The van der Waals surface area contributed by atoms with Crippen LogP contribution in [0.4, 0.5) is 0 Å². The SMILES string of the molecule is Cc1c2c(nc3ccccc13)CCCCC2. The Bertz CT molecular complexity index is 528. The lowest BCUT2D eigenvalue weighted by atomic mass is 9.98. The molecule has 16 heavy (non-hydrogen) atoms. The maximum absolute atomic E-state index is 4.84. The molecular formula is C15H17N. The van der Waals surface area contributed by atoms with E-state index in [2.05, 4.69) is 31.2 Å². The number of benzene rings is 1. The van der Waals surface area contributed by atoms with Gasteiger partial charge in [-0.3, -0.25) is 4.98 Å². The smallest absolute Gasteiger partial charge is 0.0708 e. The number of fused-ring (bicyclic) bond motifs is 2. The Morgan fingerprint density at radius 3 is 2.75 bits per heavy atom. The summed E-state index contributed by atoms with van der Waals surface area (Å²) in [5.74, 6) is 0. The van der Waals surface area contributed by atoms with Crippen molar-refractivity contribution in [1.82, 2.24) is 4.98 Å². The summed E-state index contributed by atoms with van der Waals surface area (Å²) in [7, 11) is 0. The van der Waals surface area contributed by atoms with Crippen LogP contribution in [0.3, 0.4) is 0 Å². The van der Waals surface area contributed by atoms with Crippen LogP contribution in [0, 0.1) is 6.92 Å². The molecule has 0 N–H and O–H groups in total. The van der Waals surface area contributed by atoms with Gasteiger partial charge in [0, 0.05) is 11.1 Å². The van der Waals surface area contributed by atoms with Crippen LogP contribution in [0.2, 0.25) is 0 Å². The molecule has 0 spiro atoms. The first-order chi connectivity index (χ1) is 7.86. The van der Waals surface area contributed by atoms with E-state index in [0.29, 0.717) is 0 Å². The number of pyridine rings is 1. The molecule has 0 fully saturated rings. The summed E-state index contributed by atoms with van der Waals surface area (Å²) in [6.45, 7) is 2.26. The van der Waals surface area contributed by atoms with Crippen molar-refractivity contribution in [3.63, 3.8) is 0 Å². The number of hydrogen-bond donors (Lipinski definition) is 0. The highest BCUT2D eigenvalue weighted by Gasteiger charge is 2.13. The summed E-state index contributed by atoms with van der Waals surface area (Å²) in [6.07, 6.45) is 6.37. The van der Waals surface area contributed by atoms with Crippen LogP contribution < -0.4 is 0 Å². The second-order valence-electron chi connectivity index (χ2n) is 4.74. The first-order valence-electron chi connectivity index (χ1n) is 6.23. The lowest BCUT2D eigenvalue weighted by Gasteiger charge is -2.11. The third-order valence-corrected chi connectivity index (χ3v) is 3.70. The Morgan fingerprint density at radius 1 is 1.00 bits per heavy atom. The van der Waals surface area contributed by atoms with Crippen LogP contribution in [0.5, 0.6) is 0 Å². The summed E-state index contributed by atoms with van der Waals surface area (Å²) in [6, 6.07) is 8.52. The number of para-hydroxylation sites is 1. The van der Waals surface area contributed by atoms with Crippen molar-refractivity contribution in [2.45, 2.75) is 39.0 Å². The molecule has 0 unspecified atom stereocenters. The third kappa shape index (κ3) is 1.51. The topological polar surface area (TPSA) is 12.9 Å². The van der Waals surface area contributed by atoms with E-state index in [1.54, 1.807) is 0 Å². The number of aromatic nitrogens is 1. The van der Waals surface area contributed by atoms with E-state index in [1.807, 2.05) is 0 Å². The van der Waals surface area contributed by atoms with Crippen molar-refractivity contribution < 1.29 is 0 Å². The Labute approximate surface area is 96.5 Å². The van der Waals surface area contributed by atoms with E-state index in [1.165, 1.54) is 59.8 Å². The molecule has 2 aromatic rings.